The minimum atomic E-state index is 1.10. The van der Waals surface area contributed by atoms with Crippen molar-refractivity contribution in [1.82, 2.24) is 0 Å². The van der Waals surface area contributed by atoms with E-state index in [0.717, 1.165) is 5.75 Å². The molecule has 0 aliphatic carbocycles. The standard InChI is InChI=1S/C16H24S/c1-2-3-4-5-6-7-8-12-15-17-16-13-10-9-11-14-16/h8-14H,2-7,15H2,1H3/b12-8+. The quantitative estimate of drug-likeness (QED) is 0.307. The van der Waals surface area contributed by atoms with Gasteiger partial charge in [0.25, 0.3) is 0 Å². The molecule has 0 bridgehead atoms. The van der Waals surface area contributed by atoms with Crippen LogP contribution in [0.15, 0.2) is 47.4 Å². The van der Waals surface area contributed by atoms with Gasteiger partial charge in [-0.1, -0.05) is 63.0 Å². The van der Waals surface area contributed by atoms with Crippen molar-refractivity contribution < 1.29 is 0 Å². The van der Waals surface area contributed by atoms with Gasteiger partial charge < -0.3 is 0 Å². The molecule has 0 nitrogen and oxygen atoms in total. The Bertz CT molecular complexity index is 290. The second-order valence-electron chi connectivity index (χ2n) is 4.30. The molecule has 0 aromatic heterocycles. The normalized spacial score (nSPS) is 11.1. The smallest absolute Gasteiger partial charge is 0.0160 e. The molecule has 1 heteroatoms. The summed E-state index contributed by atoms with van der Waals surface area (Å²) in [4.78, 5) is 1.36. The van der Waals surface area contributed by atoms with Crippen LogP contribution in [-0.4, -0.2) is 5.75 Å². The van der Waals surface area contributed by atoms with Crippen molar-refractivity contribution in [1.29, 1.82) is 0 Å². The second kappa shape index (κ2) is 10.5. The van der Waals surface area contributed by atoms with Crippen molar-refractivity contribution in [3.05, 3.63) is 42.5 Å². The van der Waals surface area contributed by atoms with Crippen LogP contribution in [0, 0.1) is 0 Å². The maximum atomic E-state index is 2.34. The monoisotopic (exact) mass is 248 g/mol. The fraction of sp³-hybridized carbons (Fsp3) is 0.500. The van der Waals surface area contributed by atoms with Crippen LogP contribution in [0.5, 0.6) is 0 Å². The van der Waals surface area contributed by atoms with Crippen LogP contribution in [0.4, 0.5) is 0 Å². The van der Waals surface area contributed by atoms with Gasteiger partial charge >= 0.3 is 0 Å². The molecule has 0 spiro atoms. The highest BCUT2D eigenvalue weighted by molar-refractivity contribution is 7.99. The highest BCUT2D eigenvalue weighted by atomic mass is 32.2. The zero-order chi connectivity index (χ0) is 12.2. The summed E-state index contributed by atoms with van der Waals surface area (Å²) in [7, 11) is 0. The second-order valence-corrected chi connectivity index (χ2v) is 5.39. The fourth-order valence-electron chi connectivity index (χ4n) is 1.71. The topological polar surface area (TPSA) is 0 Å². The first-order chi connectivity index (χ1) is 8.43. The third kappa shape index (κ3) is 8.09. The zero-order valence-corrected chi connectivity index (χ0v) is 11.7. The van der Waals surface area contributed by atoms with Gasteiger partial charge in [0.05, 0.1) is 0 Å². The van der Waals surface area contributed by atoms with Crippen LogP contribution >= 0.6 is 11.8 Å². The van der Waals surface area contributed by atoms with E-state index in [1.807, 2.05) is 11.8 Å². The number of benzene rings is 1. The third-order valence-corrected chi connectivity index (χ3v) is 3.70. The molecule has 1 rings (SSSR count). The molecule has 0 saturated carbocycles. The highest BCUT2D eigenvalue weighted by Crippen LogP contribution is 2.16. The average molecular weight is 248 g/mol. The van der Waals surface area contributed by atoms with Crippen LogP contribution in [0.1, 0.15) is 45.4 Å². The van der Waals surface area contributed by atoms with E-state index in [9.17, 15) is 0 Å². The summed E-state index contributed by atoms with van der Waals surface area (Å²) >= 11 is 1.91. The lowest BCUT2D eigenvalue weighted by Gasteiger charge is -1.97. The average Bonchev–Trinajstić information content (AvgIpc) is 2.38. The van der Waals surface area contributed by atoms with Crippen LogP contribution in [0.2, 0.25) is 0 Å². The van der Waals surface area contributed by atoms with Gasteiger partial charge in [-0.2, -0.15) is 0 Å². The summed E-state index contributed by atoms with van der Waals surface area (Å²) in [6.07, 6.45) is 12.8. The summed E-state index contributed by atoms with van der Waals surface area (Å²) in [5.41, 5.74) is 0. The number of rotatable bonds is 9. The van der Waals surface area contributed by atoms with Crippen molar-refractivity contribution in [3.8, 4) is 0 Å². The number of unbranched alkanes of at least 4 members (excludes halogenated alkanes) is 5. The Balaban J connectivity index is 1.96. The summed E-state index contributed by atoms with van der Waals surface area (Å²) in [5, 5.41) is 0. The third-order valence-electron chi connectivity index (χ3n) is 2.73. The highest BCUT2D eigenvalue weighted by Gasteiger charge is 1.89. The predicted octanol–water partition coefficient (Wildman–Crippen LogP) is 5.70. The van der Waals surface area contributed by atoms with Crippen molar-refractivity contribution in [2.24, 2.45) is 0 Å². The van der Waals surface area contributed by atoms with Crippen molar-refractivity contribution in [2.75, 3.05) is 5.75 Å². The maximum absolute atomic E-state index is 2.34. The Kier molecular flexibility index (Phi) is 8.85. The Morgan fingerprint density at radius 2 is 1.71 bits per heavy atom. The summed E-state index contributed by atoms with van der Waals surface area (Å²) in [6, 6.07) is 10.6. The Morgan fingerprint density at radius 3 is 2.47 bits per heavy atom. The molecule has 0 amide bonds. The van der Waals surface area contributed by atoms with Crippen molar-refractivity contribution >= 4 is 11.8 Å². The van der Waals surface area contributed by atoms with Gasteiger partial charge in [0.15, 0.2) is 0 Å². The molecule has 0 aliphatic heterocycles. The van der Waals surface area contributed by atoms with Crippen LogP contribution < -0.4 is 0 Å². The van der Waals surface area contributed by atoms with Crippen LogP contribution in [-0.2, 0) is 0 Å². The fourth-order valence-corrected chi connectivity index (χ4v) is 2.49. The van der Waals surface area contributed by atoms with Gasteiger partial charge in [-0.05, 0) is 25.0 Å². The Hall–Kier alpha value is -0.690. The summed E-state index contributed by atoms with van der Waals surface area (Å²) in [5.74, 6) is 1.10. The molecule has 0 radical (unpaired) electrons. The zero-order valence-electron chi connectivity index (χ0n) is 10.9. The molecule has 1 aromatic rings. The SMILES string of the molecule is CCCCCCC/C=C/CSc1ccccc1. The summed E-state index contributed by atoms with van der Waals surface area (Å²) in [6.45, 7) is 2.26. The molecular weight excluding hydrogens is 224 g/mol. The Morgan fingerprint density at radius 1 is 0.941 bits per heavy atom. The van der Waals surface area contributed by atoms with E-state index in [0.29, 0.717) is 0 Å². The van der Waals surface area contributed by atoms with Gasteiger partial charge in [0, 0.05) is 10.6 Å². The van der Waals surface area contributed by atoms with E-state index in [4.69, 9.17) is 0 Å². The first-order valence-corrected chi connectivity index (χ1v) is 7.75. The molecule has 1 aromatic carbocycles. The van der Waals surface area contributed by atoms with E-state index in [1.165, 1.54) is 43.4 Å². The first kappa shape index (κ1) is 14.4. The van der Waals surface area contributed by atoms with Crippen LogP contribution in [0.25, 0.3) is 0 Å². The molecule has 0 atom stereocenters. The minimum absolute atomic E-state index is 1.10. The Labute approximate surface area is 111 Å². The maximum Gasteiger partial charge on any atom is 0.0160 e. The molecule has 0 saturated heterocycles. The van der Waals surface area contributed by atoms with Gasteiger partial charge in [-0.25, -0.2) is 0 Å². The largest absolute Gasteiger partial charge is 0.122 e. The van der Waals surface area contributed by atoms with Crippen molar-refractivity contribution in [2.45, 2.75) is 50.3 Å². The van der Waals surface area contributed by atoms with Gasteiger partial charge in [-0.15, -0.1) is 11.8 Å². The van der Waals surface area contributed by atoms with Crippen molar-refractivity contribution in [3.63, 3.8) is 0 Å². The van der Waals surface area contributed by atoms with Crippen LogP contribution in [0.3, 0.4) is 0 Å². The summed E-state index contributed by atoms with van der Waals surface area (Å²) < 4.78 is 0. The lowest BCUT2D eigenvalue weighted by Crippen LogP contribution is -1.77. The van der Waals surface area contributed by atoms with Gasteiger partial charge in [0.1, 0.15) is 0 Å². The molecule has 0 unspecified atom stereocenters. The minimum Gasteiger partial charge on any atom is -0.122 e. The predicted molar refractivity (Wildman–Crippen MR) is 79.7 cm³/mol. The molecule has 0 N–H and O–H groups in total. The van der Waals surface area contributed by atoms with E-state index in [-0.39, 0.29) is 0 Å². The van der Waals surface area contributed by atoms with E-state index >= 15 is 0 Å². The van der Waals surface area contributed by atoms with Gasteiger partial charge in [0.2, 0.25) is 0 Å². The molecule has 0 aliphatic rings. The van der Waals surface area contributed by atoms with E-state index in [2.05, 4.69) is 49.4 Å². The molecule has 17 heavy (non-hydrogen) atoms. The lowest BCUT2D eigenvalue weighted by atomic mass is 10.1. The molecule has 0 heterocycles. The molecular formula is C16H24S. The number of hydrogen-bond acceptors (Lipinski definition) is 1. The molecule has 94 valence electrons. The number of hydrogen-bond donors (Lipinski definition) is 0. The van der Waals surface area contributed by atoms with Gasteiger partial charge in [-0.3, -0.25) is 0 Å². The number of allylic oxidation sites excluding steroid dienone is 1. The van der Waals surface area contributed by atoms with E-state index < -0.39 is 0 Å². The molecule has 0 fully saturated rings. The van der Waals surface area contributed by atoms with E-state index in [1.54, 1.807) is 0 Å². The number of thioether (sulfide) groups is 1. The lowest BCUT2D eigenvalue weighted by molar-refractivity contribution is 0.637. The first-order valence-electron chi connectivity index (χ1n) is 6.76.